The summed E-state index contributed by atoms with van der Waals surface area (Å²) in [7, 11) is 3.31. The minimum Gasteiger partial charge on any atom is -0.544 e. The van der Waals surface area contributed by atoms with Gasteiger partial charge in [0, 0.05) is 14.1 Å². The van der Waals surface area contributed by atoms with E-state index in [2.05, 4.69) is 5.73 Å². The van der Waals surface area contributed by atoms with Gasteiger partial charge < -0.3 is 20.5 Å². The van der Waals surface area contributed by atoms with E-state index in [0.29, 0.717) is 5.75 Å². The molecule has 0 heterocycles. The third kappa shape index (κ3) is 5.48. The molecule has 0 radical (unpaired) electrons. The van der Waals surface area contributed by atoms with Crippen LogP contribution in [0.5, 0.6) is 0 Å². The second kappa shape index (κ2) is 5.82. The Bertz CT molecular complexity index is 196. The van der Waals surface area contributed by atoms with Crippen LogP contribution in [0.2, 0.25) is 0 Å². The van der Waals surface area contributed by atoms with E-state index in [1.807, 2.05) is 0 Å². The second-order valence-electron chi connectivity index (χ2n) is 2.82. The van der Waals surface area contributed by atoms with Gasteiger partial charge in [-0.25, -0.2) is 0 Å². The SMILES string of the molecule is CN(C)C(=O)CSC[C@H]([NH3+])C(=O)[O-]. The smallest absolute Gasteiger partial charge is 0.232 e. The zero-order chi connectivity index (χ0) is 10.4. The van der Waals surface area contributed by atoms with Gasteiger partial charge in [-0.15, -0.1) is 11.8 Å². The molecule has 0 aliphatic rings. The van der Waals surface area contributed by atoms with E-state index in [9.17, 15) is 14.7 Å². The molecule has 0 aliphatic heterocycles. The van der Waals surface area contributed by atoms with Crippen LogP contribution in [0.15, 0.2) is 0 Å². The fourth-order valence-electron chi connectivity index (χ4n) is 0.486. The highest BCUT2D eigenvalue weighted by Crippen LogP contribution is 2.01. The first-order valence-corrected chi connectivity index (χ1v) is 4.92. The molecule has 0 aromatic heterocycles. The lowest BCUT2D eigenvalue weighted by molar-refractivity contribution is -0.431. The summed E-state index contributed by atoms with van der Waals surface area (Å²) in [5.74, 6) is -0.617. The molecular weight excluding hydrogens is 192 g/mol. The Morgan fingerprint density at radius 2 is 2.08 bits per heavy atom. The summed E-state index contributed by atoms with van der Waals surface area (Å²) >= 11 is 1.25. The van der Waals surface area contributed by atoms with Crippen LogP contribution in [-0.2, 0) is 9.59 Å². The van der Waals surface area contributed by atoms with E-state index < -0.39 is 12.0 Å². The summed E-state index contributed by atoms with van der Waals surface area (Å²) in [6, 6.07) is -0.750. The molecule has 0 saturated carbocycles. The predicted molar refractivity (Wildman–Crippen MR) is 47.7 cm³/mol. The van der Waals surface area contributed by atoms with Crippen molar-refractivity contribution in [3.8, 4) is 0 Å². The third-order valence-electron chi connectivity index (χ3n) is 1.38. The van der Waals surface area contributed by atoms with Crippen LogP contribution in [0.1, 0.15) is 0 Å². The monoisotopic (exact) mass is 206 g/mol. The van der Waals surface area contributed by atoms with Crippen molar-refractivity contribution in [1.82, 2.24) is 4.90 Å². The number of rotatable bonds is 5. The lowest BCUT2D eigenvalue weighted by Crippen LogP contribution is -2.69. The Morgan fingerprint density at radius 3 is 2.46 bits per heavy atom. The van der Waals surface area contributed by atoms with Gasteiger partial charge in [0.2, 0.25) is 5.91 Å². The second-order valence-corrected chi connectivity index (χ2v) is 3.85. The Labute approximate surface area is 81.3 Å². The Kier molecular flexibility index (Phi) is 5.48. The topological polar surface area (TPSA) is 88.1 Å². The van der Waals surface area contributed by atoms with Gasteiger partial charge in [0.1, 0.15) is 6.04 Å². The van der Waals surface area contributed by atoms with Crippen molar-refractivity contribution in [3.05, 3.63) is 0 Å². The number of hydrogen-bond acceptors (Lipinski definition) is 4. The van der Waals surface area contributed by atoms with Gasteiger partial charge >= 0.3 is 0 Å². The number of carboxylic acids is 1. The molecule has 0 aliphatic carbocycles. The van der Waals surface area contributed by atoms with Crippen molar-refractivity contribution in [1.29, 1.82) is 0 Å². The maximum atomic E-state index is 11.0. The van der Waals surface area contributed by atoms with E-state index >= 15 is 0 Å². The predicted octanol–water partition coefficient (Wildman–Crippen LogP) is -2.83. The van der Waals surface area contributed by atoms with Gasteiger partial charge in [-0.2, -0.15) is 0 Å². The van der Waals surface area contributed by atoms with Crippen molar-refractivity contribution in [2.75, 3.05) is 25.6 Å². The van der Waals surface area contributed by atoms with Crippen molar-refractivity contribution < 1.29 is 20.4 Å². The van der Waals surface area contributed by atoms with E-state index in [4.69, 9.17) is 0 Å². The van der Waals surface area contributed by atoms with Gasteiger partial charge in [0.15, 0.2) is 0 Å². The summed E-state index contributed by atoms with van der Waals surface area (Å²) < 4.78 is 0. The number of amides is 1. The molecule has 0 rings (SSSR count). The van der Waals surface area contributed by atoms with Gasteiger partial charge in [-0.05, 0) is 0 Å². The van der Waals surface area contributed by atoms with Crippen LogP contribution < -0.4 is 10.8 Å². The molecule has 6 heteroatoms. The molecule has 0 bridgehead atoms. The molecule has 0 saturated heterocycles. The summed E-state index contributed by atoms with van der Waals surface area (Å²) in [5.41, 5.74) is 3.37. The van der Waals surface area contributed by atoms with Crippen LogP contribution in [0.25, 0.3) is 0 Å². The maximum absolute atomic E-state index is 11.0. The van der Waals surface area contributed by atoms with E-state index in [0.717, 1.165) is 0 Å². The fourth-order valence-corrected chi connectivity index (χ4v) is 1.46. The highest BCUT2D eigenvalue weighted by Gasteiger charge is 2.09. The van der Waals surface area contributed by atoms with Crippen LogP contribution in [0.4, 0.5) is 0 Å². The lowest BCUT2D eigenvalue weighted by Gasteiger charge is -2.11. The summed E-state index contributed by atoms with van der Waals surface area (Å²) in [6.45, 7) is 0. The molecule has 1 amide bonds. The van der Waals surface area contributed by atoms with Crippen LogP contribution in [0, 0.1) is 0 Å². The summed E-state index contributed by atoms with van der Waals surface area (Å²) in [5, 5.41) is 10.2. The molecular formula is C7H14N2O3S. The van der Waals surface area contributed by atoms with Gasteiger partial charge in [-0.3, -0.25) is 4.79 Å². The van der Waals surface area contributed by atoms with E-state index in [1.165, 1.54) is 16.7 Å². The third-order valence-corrected chi connectivity index (χ3v) is 2.47. The first kappa shape index (κ1) is 12.2. The minimum atomic E-state index is -1.18. The quantitative estimate of drug-likeness (QED) is 0.525. The number of aliphatic carboxylic acids is 1. The van der Waals surface area contributed by atoms with Crippen LogP contribution >= 0.6 is 11.8 Å². The average Bonchev–Trinajstić information content (AvgIpc) is 2.03. The first-order chi connectivity index (χ1) is 5.95. The maximum Gasteiger partial charge on any atom is 0.232 e. The molecule has 0 unspecified atom stereocenters. The highest BCUT2D eigenvalue weighted by molar-refractivity contribution is 8.00. The zero-order valence-electron chi connectivity index (χ0n) is 7.78. The largest absolute Gasteiger partial charge is 0.544 e. The van der Waals surface area contributed by atoms with Crippen molar-refractivity contribution in [2.45, 2.75) is 6.04 Å². The van der Waals surface area contributed by atoms with Crippen molar-refractivity contribution >= 4 is 23.6 Å². The molecule has 5 nitrogen and oxygen atoms in total. The highest BCUT2D eigenvalue weighted by atomic mass is 32.2. The Hall–Kier alpha value is -0.750. The summed E-state index contributed by atoms with van der Waals surface area (Å²) in [4.78, 5) is 22.7. The molecule has 1 atom stereocenters. The van der Waals surface area contributed by atoms with E-state index in [-0.39, 0.29) is 11.7 Å². The number of thioether (sulfide) groups is 1. The Balaban J connectivity index is 3.56. The van der Waals surface area contributed by atoms with Gasteiger partial charge in [0.05, 0.1) is 17.5 Å². The number of nitrogens with zero attached hydrogens (tertiary/aromatic N) is 1. The molecule has 3 N–H and O–H groups in total. The molecule has 0 fully saturated rings. The zero-order valence-corrected chi connectivity index (χ0v) is 8.60. The molecule has 0 spiro atoms. The standard InChI is InChI=1S/C7H14N2O3S/c1-9(2)6(10)4-13-3-5(8)7(11)12/h5H,3-4,8H2,1-2H3,(H,11,12)/t5-/m0/s1. The fraction of sp³-hybridized carbons (Fsp3) is 0.714. The summed E-state index contributed by atoms with van der Waals surface area (Å²) in [6.07, 6.45) is 0. The molecule has 0 aromatic rings. The first-order valence-electron chi connectivity index (χ1n) is 3.77. The minimum absolute atomic E-state index is 0.0319. The molecule has 0 aromatic carbocycles. The van der Waals surface area contributed by atoms with Gasteiger partial charge in [-0.1, -0.05) is 0 Å². The number of carboxylic acid groups (broad SMARTS) is 1. The molecule has 76 valence electrons. The Morgan fingerprint density at radius 1 is 1.54 bits per heavy atom. The number of carbonyl (C=O) groups excluding carboxylic acids is 2. The van der Waals surface area contributed by atoms with Crippen molar-refractivity contribution in [2.24, 2.45) is 0 Å². The number of quaternary nitrogens is 1. The van der Waals surface area contributed by atoms with Crippen molar-refractivity contribution in [3.63, 3.8) is 0 Å². The van der Waals surface area contributed by atoms with Gasteiger partial charge in [0.25, 0.3) is 0 Å². The molecule has 13 heavy (non-hydrogen) atoms. The van der Waals surface area contributed by atoms with Crippen LogP contribution in [0.3, 0.4) is 0 Å². The lowest BCUT2D eigenvalue weighted by atomic mass is 10.4. The number of carbonyl (C=O) groups is 2. The van der Waals surface area contributed by atoms with E-state index in [1.54, 1.807) is 14.1 Å². The number of hydrogen-bond donors (Lipinski definition) is 1. The average molecular weight is 206 g/mol. The normalized spacial score (nSPS) is 12.2. The van der Waals surface area contributed by atoms with Crippen LogP contribution in [-0.4, -0.2) is 48.4 Å².